The molecule has 0 radical (unpaired) electrons. The van der Waals surface area contributed by atoms with Crippen LogP contribution in [0.5, 0.6) is 0 Å². The van der Waals surface area contributed by atoms with Gasteiger partial charge in [0.05, 0.1) is 5.69 Å². The summed E-state index contributed by atoms with van der Waals surface area (Å²) in [6.07, 6.45) is 1.93. The van der Waals surface area contributed by atoms with Crippen LogP contribution in [0.1, 0.15) is 25.3 Å². The van der Waals surface area contributed by atoms with Crippen LogP contribution in [-0.4, -0.2) is 15.3 Å². The molecule has 0 fully saturated rings. The first-order valence-corrected chi connectivity index (χ1v) is 6.16. The minimum Gasteiger partial charge on any atom is -0.289 e. The van der Waals surface area contributed by atoms with Crippen LogP contribution >= 0.6 is 0 Å². The van der Waals surface area contributed by atoms with Crippen molar-refractivity contribution in [1.29, 1.82) is 0 Å². The van der Waals surface area contributed by atoms with E-state index in [1.807, 2.05) is 31.2 Å². The second-order valence-corrected chi connectivity index (χ2v) is 4.42. The quantitative estimate of drug-likeness (QED) is 0.786. The molecular formula is C11H17NO2S. The zero-order valence-electron chi connectivity index (χ0n) is 9.14. The lowest BCUT2D eigenvalue weighted by molar-refractivity contribution is 0.557. The summed E-state index contributed by atoms with van der Waals surface area (Å²) < 4.78 is 21.8. The van der Waals surface area contributed by atoms with Gasteiger partial charge in [0.25, 0.3) is 11.3 Å². The Hall–Kier alpha value is -0.870. The Labute approximate surface area is 93.5 Å². The van der Waals surface area contributed by atoms with Gasteiger partial charge in [-0.1, -0.05) is 31.0 Å². The van der Waals surface area contributed by atoms with Crippen LogP contribution in [0.4, 0.5) is 5.69 Å². The van der Waals surface area contributed by atoms with Crippen molar-refractivity contribution in [2.45, 2.75) is 26.7 Å². The molecule has 4 heteroatoms. The lowest BCUT2D eigenvalue weighted by atomic mass is 10.2. The average molecular weight is 227 g/mol. The number of anilines is 1. The van der Waals surface area contributed by atoms with Crippen LogP contribution in [-0.2, 0) is 11.3 Å². The second kappa shape index (κ2) is 5.88. The molecule has 0 saturated carbocycles. The Morgan fingerprint density at radius 3 is 2.40 bits per heavy atom. The Kier molecular flexibility index (Phi) is 4.78. The molecule has 0 aliphatic rings. The maximum absolute atomic E-state index is 11.1. The molecule has 15 heavy (non-hydrogen) atoms. The fourth-order valence-corrected chi connectivity index (χ4v) is 1.90. The largest absolute Gasteiger partial charge is 0.289 e. The lowest BCUT2D eigenvalue weighted by Gasteiger charge is -2.19. The Bertz CT molecular complexity index is 324. The number of nitrogens with zero attached hydrogens (tertiary/aromatic N) is 1. The van der Waals surface area contributed by atoms with E-state index in [-0.39, 0.29) is 0 Å². The van der Waals surface area contributed by atoms with E-state index in [0.717, 1.165) is 24.1 Å². The molecule has 3 nitrogen and oxygen atoms in total. The molecule has 1 unspecified atom stereocenters. The van der Waals surface area contributed by atoms with Crippen LogP contribution in [0.15, 0.2) is 24.3 Å². The fraction of sp³-hybridized carbons (Fsp3) is 0.455. The highest BCUT2D eigenvalue weighted by atomic mass is 32.2. The van der Waals surface area contributed by atoms with Crippen molar-refractivity contribution in [2.24, 2.45) is 0 Å². The zero-order chi connectivity index (χ0) is 11.3. The SMILES string of the molecule is CCCCN(c1ccc(C)cc1)S(=O)O. The summed E-state index contributed by atoms with van der Waals surface area (Å²) in [5.74, 6) is 0. The third-order valence-electron chi connectivity index (χ3n) is 2.23. The first-order valence-electron chi connectivity index (χ1n) is 5.10. The standard InChI is InChI=1S/C11H17NO2S/c1-3-4-9-12(15(13)14)11-7-5-10(2)6-8-11/h5-8H,3-4,9H2,1-2H3,(H,13,14). The van der Waals surface area contributed by atoms with Crippen LogP contribution < -0.4 is 4.31 Å². The number of rotatable bonds is 5. The maximum Gasteiger partial charge on any atom is 0.261 e. The van der Waals surface area contributed by atoms with Crippen molar-refractivity contribution in [1.82, 2.24) is 0 Å². The van der Waals surface area contributed by atoms with Gasteiger partial charge in [-0.2, -0.15) is 0 Å². The molecule has 1 N–H and O–H groups in total. The molecule has 0 amide bonds. The van der Waals surface area contributed by atoms with Crippen molar-refractivity contribution >= 4 is 17.0 Å². The third-order valence-corrected chi connectivity index (χ3v) is 3.00. The van der Waals surface area contributed by atoms with E-state index < -0.39 is 11.3 Å². The number of hydrogen-bond acceptors (Lipinski definition) is 1. The van der Waals surface area contributed by atoms with E-state index in [9.17, 15) is 4.21 Å². The monoisotopic (exact) mass is 227 g/mol. The Balaban J connectivity index is 2.79. The molecule has 0 aliphatic heterocycles. The van der Waals surface area contributed by atoms with Gasteiger partial charge in [-0.3, -0.25) is 8.86 Å². The topological polar surface area (TPSA) is 40.5 Å². The molecule has 0 bridgehead atoms. The van der Waals surface area contributed by atoms with Crippen molar-refractivity contribution in [3.8, 4) is 0 Å². The molecule has 0 aromatic heterocycles. The molecule has 0 spiro atoms. The van der Waals surface area contributed by atoms with Gasteiger partial charge in [0.2, 0.25) is 0 Å². The Morgan fingerprint density at radius 2 is 1.93 bits per heavy atom. The van der Waals surface area contributed by atoms with Crippen LogP contribution in [0.3, 0.4) is 0 Å². The number of aryl methyl sites for hydroxylation is 1. The third kappa shape index (κ3) is 3.64. The van der Waals surface area contributed by atoms with E-state index in [4.69, 9.17) is 4.55 Å². The van der Waals surface area contributed by atoms with Gasteiger partial charge in [-0.25, -0.2) is 4.21 Å². The van der Waals surface area contributed by atoms with E-state index in [1.54, 1.807) is 0 Å². The summed E-state index contributed by atoms with van der Waals surface area (Å²) in [4.78, 5) is 0. The molecule has 0 aliphatic carbocycles. The molecule has 84 valence electrons. The molecule has 0 saturated heterocycles. The van der Waals surface area contributed by atoms with Gasteiger partial charge in [-0.15, -0.1) is 0 Å². The fourth-order valence-electron chi connectivity index (χ4n) is 1.31. The number of hydrogen-bond donors (Lipinski definition) is 1. The van der Waals surface area contributed by atoms with Gasteiger partial charge < -0.3 is 0 Å². The summed E-state index contributed by atoms with van der Waals surface area (Å²) in [6.45, 7) is 4.67. The van der Waals surface area contributed by atoms with Crippen LogP contribution in [0.25, 0.3) is 0 Å². The normalized spacial score (nSPS) is 12.5. The zero-order valence-corrected chi connectivity index (χ0v) is 9.96. The maximum atomic E-state index is 11.1. The highest BCUT2D eigenvalue weighted by Gasteiger charge is 2.10. The van der Waals surface area contributed by atoms with Crippen molar-refractivity contribution in [2.75, 3.05) is 10.8 Å². The van der Waals surface area contributed by atoms with Crippen molar-refractivity contribution in [3.63, 3.8) is 0 Å². The van der Waals surface area contributed by atoms with E-state index in [0.29, 0.717) is 6.54 Å². The summed E-state index contributed by atoms with van der Waals surface area (Å²) in [5.41, 5.74) is 1.95. The predicted octanol–water partition coefficient (Wildman–Crippen LogP) is 2.74. The van der Waals surface area contributed by atoms with Gasteiger partial charge in [0, 0.05) is 6.54 Å². The predicted molar refractivity (Wildman–Crippen MR) is 64.2 cm³/mol. The summed E-state index contributed by atoms with van der Waals surface area (Å²) in [5, 5.41) is 0. The van der Waals surface area contributed by atoms with E-state index in [2.05, 4.69) is 6.92 Å². The lowest BCUT2D eigenvalue weighted by Crippen LogP contribution is -2.26. The Morgan fingerprint density at radius 1 is 1.33 bits per heavy atom. The highest BCUT2D eigenvalue weighted by molar-refractivity contribution is 7.80. The first kappa shape index (κ1) is 12.2. The summed E-state index contributed by atoms with van der Waals surface area (Å²) >= 11 is -1.93. The molecular weight excluding hydrogens is 210 g/mol. The first-order chi connectivity index (χ1) is 7.15. The molecule has 1 atom stereocenters. The highest BCUT2D eigenvalue weighted by Crippen LogP contribution is 2.16. The van der Waals surface area contributed by atoms with E-state index in [1.165, 1.54) is 4.31 Å². The molecule has 1 aromatic rings. The van der Waals surface area contributed by atoms with Crippen molar-refractivity contribution < 1.29 is 8.76 Å². The van der Waals surface area contributed by atoms with Gasteiger partial charge in [0.1, 0.15) is 0 Å². The summed E-state index contributed by atoms with van der Waals surface area (Å²) in [7, 11) is 0. The average Bonchev–Trinajstić information content (AvgIpc) is 2.21. The minimum absolute atomic E-state index is 0.614. The molecule has 1 rings (SSSR count). The molecule has 0 heterocycles. The van der Waals surface area contributed by atoms with Crippen molar-refractivity contribution in [3.05, 3.63) is 29.8 Å². The number of benzene rings is 1. The second-order valence-electron chi connectivity index (χ2n) is 3.52. The minimum atomic E-state index is -1.93. The van der Waals surface area contributed by atoms with Gasteiger partial charge >= 0.3 is 0 Å². The smallest absolute Gasteiger partial charge is 0.261 e. The van der Waals surface area contributed by atoms with Gasteiger partial charge in [0.15, 0.2) is 0 Å². The van der Waals surface area contributed by atoms with Crippen LogP contribution in [0, 0.1) is 6.92 Å². The summed E-state index contributed by atoms with van der Waals surface area (Å²) in [6, 6.07) is 7.64. The van der Waals surface area contributed by atoms with Crippen LogP contribution in [0.2, 0.25) is 0 Å². The van der Waals surface area contributed by atoms with Gasteiger partial charge in [-0.05, 0) is 25.5 Å². The van der Waals surface area contributed by atoms with E-state index >= 15 is 0 Å². The number of unbranched alkanes of at least 4 members (excludes halogenated alkanes) is 1. The molecule has 1 aromatic carbocycles.